The molecule has 2 aromatic rings. The van der Waals surface area contributed by atoms with Crippen molar-refractivity contribution >= 4 is 23.7 Å². The van der Waals surface area contributed by atoms with E-state index in [-0.39, 0.29) is 12.5 Å². The lowest BCUT2D eigenvalue weighted by Gasteiger charge is -2.31. The minimum absolute atomic E-state index is 0.270. The number of ketones is 1. The molecular weight excluding hydrogens is 520 g/mol. The van der Waals surface area contributed by atoms with Crippen LogP contribution in [0.2, 0.25) is 0 Å². The number of halogens is 2. The third kappa shape index (κ3) is 6.49. The van der Waals surface area contributed by atoms with Crippen LogP contribution >= 0.6 is 0 Å². The summed E-state index contributed by atoms with van der Waals surface area (Å²) in [6.45, 7) is 7.03. The monoisotopic (exact) mass is 551 g/mol. The Hall–Kier alpha value is -4.10. The Morgan fingerprint density at radius 1 is 1.08 bits per heavy atom. The van der Waals surface area contributed by atoms with E-state index in [1.807, 2.05) is 0 Å². The van der Waals surface area contributed by atoms with E-state index >= 15 is 0 Å². The Balaban J connectivity index is 1.81. The molecule has 3 rings (SSSR count). The highest BCUT2D eigenvalue weighted by atomic mass is 19.1. The van der Waals surface area contributed by atoms with Gasteiger partial charge in [-0.15, -0.1) is 5.10 Å². The number of carbonyl (C=O) groups excluding carboxylic acids is 4. The fourth-order valence-electron chi connectivity index (χ4n) is 4.28. The Bertz CT molecular complexity index is 1310. The summed E-state index contributed by atoms with van der Waals surface area (Å²) in [5, 5.41) is 8.87. The summed E-state index contributed by atoms with van der Waals surface area (Å²) < 4.78 is 37.5. The van der Waals surface area contributed by atoms with E-state index in [0.717, 1.165) is 12.1 Å². The summed E-state index contributed by atoms with van der Waals surface area (Å²) in [6.07, 6.45) is 0.0669. The van der Waals surface area contributed by atoms with Crippen molar-refractivity contribution in [3.63, 3.8) is 0 Å². The molecule has 0 bridgehead atoms. The second-order valence-corrected chi connectivity index (χ2v) is 9.82. The topological polar surface area (TPSA) is 153 Å². The summed E-state index contributed by atoms with van der Waals surface area (Å²) >= 11 is 0. The van der Waals surface area contributed by atoms with Gasteiger partial charge in [0.15, 0.2) is 5.82 Å². The first-order valence-electron chi connectivity index (χ1n) is 12.4. The molecule has 3 atom stereocenters. The normalized spacial score (nSPS) is 16.7. The van der Waals surface area contributed by atoms with Crippen LogP contribution in [0.4, 0.5) is 13.6 Å². The van der Waals surface area contributed by atoms with Crippen LogP contribution in [0.1, 0.15) is 51.2 Å². The molecule has 2 N–H and O–H groups in total. The molecule has 1 fully saturated rings. The lowest BCUT2D eigenvalue weighted by molar-refractivity contribution is -0.141. The van der Waals surface area contributed by atoms with E-state index < -0.39 is 76.7 Å². The molecule has 1 saturated heterocycles. The molecule has 39 heavy (non-hydrogen) atoms. The molecule has 0 unspecified atom stereocenters. The van der Waals surface area contributed by atoms with Gasteiger partial charge in [-0.05, 0) is 36.8 Å². The second kappa shape index (κ2) is 12.2. The molecule has 1 aliphatic rings. The number of hydrogen-bond acceptors (Lipinski definition) is 8. The number of likely N-dealkylation sites (tertiary alicyclic amines) is 1. The van der Waals surface area contributed by atoms with E-state index in [4.69, 9.17) is 4.42 Å². The molecule has 1 aromatic carbocycles. The van der Waals surface area contributed by atoms with Crippen molar-refractivity contribution < 1.29 is 37.1 Å². The number of nitrogens with one attached hydrogen (secondary N) is 2. The van der Waals surface area contributed by atoms with E-state index in [9.17, 15) is 32.8 Å². The van der Waals surface area contributed by atoms with Gasteiger partial charge in [0.05, 0.1) is 13.2 Å². The Morgan fingerprint density at radius 2 is 1.74 bits per heavy atom. The summed E-state index contributed by atoms with van der Waals surface area (Å²) in [5.74, 6) is -6.53. The molecule has 12 nitrogen and oxygen atoms in total. The summed E-state index contributed by atoms with van der Waals surface area (Å²) in [6, 6.07) is -0.612. The fourth-order valence-corrected chi connectivity index (χ4v) is 4.28. The number of hydrogen-bond donors (Lipinski definition) is 2. The molecule has 0 spiro atoms. The molecule has 0 saturated carbocycles. The second-order valence-electron chi connectivity index (χ2n) is 9.82. The lowest BCUT2D eigenvalue weighted by Crippen LogP contribution is -2.57. The van der Waals surface area contributed by atoms with E-state index in [0.29, 0.717) is 23.6 Å². The largest absolute Gasteiger partial charge is 0.453 e. The highest BCUT2D eigenvalue weighted by Gasteiger charge is 2.40. The summed E-state index contributed by atoms with van der Waals surface area (Å²) in [4.78, 5) is 65.1. The standard InChI is InChI=1S/C25H31F2N5O7/c1-12(2)18(20(33)22-30-32(25(37)39-22)16-9-8-14(26)11-15(16)27)28-21(34)17-7-6-10-31(17)23(35)19(13(3)4)29-24(36)38-5/h8-9,11-13,17-19H,6-7,10H2,1-5H3,(H,28,34)(H,29,36)/t17-,18-,19-/m0/s1. The van der Waals surface area contributed by atoms with Crippen molar-refractivity contribution in [1.29, 1.82) is 0 Å². The maximum absolute atomic E-state index is 14.2. The zero-order valence-corrected chi connectivity index (χ0v) is 22.2. The van der Waals surface area contributed by atoms with Gasteiger partial charge in [-0.1, -0.05) is 27.7 Å². The van der Waals surface area contributed by atoms with Crippen molar-refractivity contribution in [1.82, 2.24) is 25.3 Å². The van der Waals surface area contributed by atoms with Gasteiger partial charge in [0.1, 0.15) is 23.6 Å². The smallest absolute Gasteiger partial charge is 0.442 e. The first kappa shape index (κ1) is 29.5. The van der Waals surface area contributed by atoms with Gasteiger partial charge in [-0.25, -0.2) is 18.4 Å². The third-order valence-corrected chi connectivity index (χ3v) is 6.37. The molecule has 2 heterocycles. The van der Waals surface area contributed by atoms with Gasteiger partial charge < -0.3 is 24.7 Å². The third-order valence-electron chi connectivity index (χ3n) is 6.37. The average Bonchev–Trinajstić information content (AvgIpc) is 3.51. The SMILES string of the molecule is COC(=O)N[C@H](C(=O)N1CCC[C@H]1C(=O)N[C@H](C(=O)c1nn(-c2ccc(F)cc2F)c(=O)o1)C(C)C)C(C)C. The van der Waals surface area contributed by atoms with Gasteiger partial charge in [-0.3, -0.25) is 14.4 Å². The quantitative estimate of drug-likeness (QED) is 0.448. The maximum Gasteiger partial charge on any atom is 0.442 e. The predicted molar refractivity (Wildman–Crippen MR) is 132 cm³/mol. The van der Waals surface area contributed by atoms with Crippen LogP contribution in [0.25, 0.3) is 5.69 Å². The van der Waals surface area contributed by atoms with Crippen LogP contribution in [-0.4, -0.2) is 70.2 Å². The lowest BCUT2D eigenvalue weighted by atomic mass is 9.98. The Morgan fingerprint density at radius 3 is 2.33 bits per heavy atom. The van der Waals surface area contributed by atoms with Gasteiger partial charge in [0, 0.05) is 12.6 Å². The van der Waals surface area contributed by atoms with Crippen molar-refractivity contribution in [3.8, 4) is 5.69 Å². The predicted octanol–water partition coefficient (Wildman–Crippen LogP) is 1.80. The van der Waals surface area contributed by atoms with Gasteiger partial charge in [0.2, 0.25) is 17.6 Å². The number of ether oxygens (including phenoxy) is 1. The molecule has 212 valence electrons. The van der Waals surface area contributed by atoms with Crippen molar-refractivity contribution in [3.05, 3.63) is 46.3 Å². The fraction of sp³-hybridized carbons (Fsp3) is 0.520. The average molecular weight is 552 g/mol. The van der Waals surface area contributed by atoms with E-state index in [1.54, 1.807) is 27.7 Å². The molecule has 1 aromatic heterocycles. The number of Topliss-reactive ketones (excluding diaryl/α,β-unsaturated/α-hetero) is 1. The number of methoxy groups -OCH3 is 1. The molecule has 14 heteroatoms. The first-order valence-corrected chi connectivity index (χ1v) is 12.4. The Kier molecular flexibility index (Phi) is 9.20. The highest BCUT2D eigenvalue weighted by Crippen LogP contribution is 2.22. The zero-order chi connectivity index (χ0) is 29.0. The molecular formula is C25H31F2N5O7. The number of amides is 3. The summed E-state index contributed by atoms with van der Waals surface area (Å²) in [7, 11) is 1.17. The van der Waals surface area contributed by atoms with Crippen molar-refractivity contribution in [2.75, 3.05) is 13.7 Å². The van der Waals surface area contributed by atoms with Crippen LogP contribution in [0, 0.1) is 23.5 Å². The van der Waals surface area contributed by atoms with Crippen LogP contribution in [0.5, 0.6) is 0 Å². The number of alkyl carbamates (subject to hydrolysis) is 1. The van der Waals surface area contributed by atoms with Crippen molar-refractivity contribution in [2.45, 2.75) is 58.7 Å². The minimum atomic E-state index is -1.20. The summed E-state index contributed by atoms with van der Waals surface area (Å²) in [5.41, 5.74) is -0.422. The molecule has 0 aliphatic carbocycles. The van der Waals surface area contributed by atoms with Gasteiger partial charge in [0.25, 0.3) is 5.89 Å². The van der Waals surface area contributed by atoms with E-state index in [1.165, 1.54) is 12.0 Å². The molecule has 3 amide bonds. The minimum Gasteiger partial charge on any atom is -0.453 e. The molecule has 0 radical (unpaired) electrons. The number of aromatic nitrogens is 2. The number of nitrogens with zero attached hydrogens (tertiary/aromatic N) is 3. The van der Waals surface area contributed by atoms with Crippen molar-refractivity contribution in [2.24, 2.45) is 11.8 Å². The number of rotatable bonds is 9. The first-order chi connectivity index (χ1) is 18.3. The highest BCUT2D eigenvalue weighted by molar-refractivity contribution is 6.00. The zero-order valence-electron chi connectivity index (χ0n) is 22.2. The van der Waals surface area contributed by atoms with Crippen LogP contribution in [0.15, 0.2) is 27.4 Å². The number of benzene rings is 1. The van der Waals surface area contributed by atoms with Crippen LogP contribution < -0.4 is 16.4 Å². The van der Waals surface area contributed by atoms with E-state index in [2.05, 4.69) is 20.5 Å². The molecule has 1 aliphatic heterocycles. The Labute approximate surface area is 222 Å². The van der Waals surface area contributed by atoms with Gasteiger partial charge in [-0.2, -0.15) is 4.68 Å². The van der Waals surface area contributed by atoms with Crippen LogP contribution in [0.3, 0.4) is 0 Å². The maximum atomic E-state index is 14.2. The number of carbonyl (C=O) groups is 4. The van der Waals surface area contributed by atoms with Crippen LogP contribution in [-0.2, 0) is 14.3 Å². The van der Waals surface area contributed by atoms with Gasteiger partial charge >= 0.3 is 11.8 Å².